The summed E-state index contributed by atoms with van der Waals surface area (Å²) in [5.74, 6) is 2.01. The van der Waals surface area contributed by atoms with Crippen LogP contribution in [0.2, 0.25) is 10.0 Å². The third-order valence-electron chi connectivity index (χ3n) is 4.08. The fraction of sp³-hybridized carbons (Fsp3) is 0.263. The van der Waals surface area contributed by atoms with Crippen LogP contribution in [0.4, 0.5) is 0 Å². The quantitative estimate of drug-likeness (QED) is 0.356. The molecule has 0 atom stereocenters. The van der Waals surface area contributed by atoms with E-state index in [1.165, 1.54) is 0 Å². The summed E-state index contributed by atoms with van der Waals surface area (Å²) in [4.78, 5) is 0. The maximum atomic E-state index is 6.24. The highest BCUT2D eigenvalue weighted by molar-refractivity contribution is 9.10. The molecule has 0 radical (unpaired) electrons. The van der Waals surface area contributed by atoms with Crippen LogP contribution in [0.1, 0.15) is 23.9 Å². The summed E-state index contributed by atoms with van der Waals surface area (Å²) < 4.78 is 14.9. The maximum absolute atomic E-state index is 6.24. The Morgan fingerprint density at radius 3 is 2.59 bits per heavy atom. The highest BCUT2D eigenvalue weighted by Gasteiger charge is 2.13. The predicted octanol–water partition coefficient (Wildman–Crippen LogP) is 6.04. The Hall–Kier alpha value is -1.74. The number of ether oxygens (including phenoxy) is 2. The highest BCUT2D eigenvalue weighted by atomic mass is 79.9. The molecule has 0 aliphatic rings. The molecule has 0 aliphatic heterocycles. The SMILES string of the molecule is CCOc1cc(CNn2c(C)n[nH]c2=S)c(Br)cc1OCc1ccc(Cl)cc1Cl. The molecule has 0 saturated carbocycles. The minimum absolute atomic E-state index is 0.295. The molecular weight excluding hydrogens is 499 g/mol. The van der Waals surface area contributed by atoms with E-state index in [9.17, 15) is 0 Å². The number of nitrogens with zero attached hydrogens (tertiary/aromatic N) is 2. The van der Waals surface area contributed by atoms with Crippen LogP contribution in [0.15, 0.2) is 34.8 Å². The first-order valence-electron chi connectivity index (χ1n) is 8.79. The van der Waals surface area contributed by atoms with Gasteiger partial charge in [0.05, 0.1) is 13.2 Å². The van der Waals surface area contributed by atoms with Crippen LogP contribution in [-0.2, 0) is 13.2 Å². The number of hydrogen-bond acceptors (Lipinski definition) is 5. The molecule has 3 rings (SSSR count). The van der Waals surface area contributed by atoms with Gasteiger partial charge < -0.3 is 14.9 Å². The Labute approximate surface area is 192 Å². The minimum Gasteiger partial charge on any atom is -0.490 e. The molecule has 2 aromatic carbocycles. The summed E-state index contributed by atoms with van der Waals surface area (Å²) >= 11 is 21.0. The fourth-order valence-electron chi connectivity index (χ4n) is 2.61. The van der Waals surface area contributed by atoms with E-state index in [4.69, 9.17) is 44.9 Å². The molecule has 10 heteroatoms. The molecule has 1 aromatic heterocycles. The average Bonchev–Trinajstić information content (AvgIpc) is 2.99. The zero-order valence-electron chi connectivity index (χ0n) is 15.8. The third kappa shape index (κ3) is 5.45. The normalized spacial score (nSPS) is 10.8. The van der Waals surface area contributed by atoms with Crippen LogP contribution in [0.3, 0.4) is 0 Å². The van der Waals surface area contributed by atoms with Gasteiger partial charge in [-0.2, -0.15) is 5.10 Å². The standard InChI is InChI=1S/C19H19BrCl2N4O2S/c1-3-27-17-6-13(9-23-26-11(2)24-25-19(26)29)15(20)8-18(17)28-10-12-4-5-14(21)7-16(12)22/h4-8,23H,3,9-10H2,1-2H3,(H,25,29). The van der Waals surface area contributed by atoms with Crippen LogP contribution < -0.4 is 14.9 Å². The minimum atomic E-state index is 0.295. The Balaban J connectivity index is 1.79. The molecule has 1 heterocycles. The number of aromatic nitrogens is 3. The molecular formula is C19H19BrCl2N4O2S. The summed E-state index contributed by atoms with van der Waals surface area (Å²) in [5.41, 5.74) is 5.06. The van der Waals surface area contributed by atoms with Crippen molar-refractivity contribution in [2.75, 3.05) is 12.0 Å². The lowest BCUT2D eigenvalue weighted by molar-refractivity contribution is 0.269. The summed E-state index contributed by atoms with van der Waals surface area (Å²) in [5, 5.41) is 7.97. The van der Waals surface area contributed by atoms with E-state index in [1.54, 1.807) is 16.8 Å². The topological polar surface area (TPSA) is 64.1 Å². The van der Waals surface area contributed by atoms with E-state index in [-0.39, 0.29) is 0 Å². The molecule has 154 valence electrons. The number of hydrogen-bond donors (Lipinski definition) is 2. The van der Waals surface area contributed by atoms with E-state index in [1.807, 2.05) is 32.0 Å². The van der Waals surface area contributed by atoms with Gasteiger partial charge in [0.15, 0.2) is 11.5 Å². The maximum Gasteiger partial charge on any atom is 0.214 e. The molecule has 29 heavy (non-hydrogen) atoms. The van der Waals surface area contributed by atoms with Crippen LogP contribution >= 0.6 is 51.3 Å². The first-order chi connectivity index (χ1) is 13.9. The van der Waals surface area contributed by atoms with Crippen molar-refractivity contribution >= 4 is 51.3 Å². The molecule has 2 N–H and O–H groups in total. The molecule has 3 aromatic rings. The number of halogens is 3. The van der Waals surface area contributed by atoms with Crippen molar-refractivity contribution in [1.82, 2.24) is 14.9 Å². The van der Waals surface area contributed by atoms with E-state index in [0.29, 0.717) is 46.1 Å². The van der Waals surface area contributed by atoms with Crippen LogP contribution in [0.5, 0.6) is 11.5 Å². The van der Waals surface area contributed by atoms with Crippen molar-refractivity contribution in [3.8, 4) is 11.5 Å². The Morgan fingerprint density at radius 2 is 1.93 bits per heavy atom. The van der Waals surface area contributed by atoms with Crippen molar-refractivity contribution in [2.45, 2.75) is 27.0 Å². The monoisotopic (exact) mass is 516 g/mol. The molecule has 6 nitrogen and oxygen atoms in total. The van der Waals surface area contributed by atoms with E-state index in [0.717, 1.165) is 21.4 Å². The Morgan fingerprint density at radius 1 is 1.17 bits per heavy atom. The van der Waals surface area contributed by atoms with Gasteiger partial charge in [0, 0.05) is 20.1 Å². The van der Waals surface area contributed by atoms with Gasteiger partial charge in [0.2, 0.25) is 4.77 Å². The number of rotatable bonds is 8. The molecule has 0 bridgehead atoms. The van der Waals surface area contributed by atoms with Gasteiger partial charge in [-0.15, -0.1) is 0 Å². The van der Waals surface area contributed by atoms with E-state index >= 15 is 0 Å². The van der Waals surface area contributed by atoms with Crippen molar-refractivity contribution in [2.24, 2.45) is 0 Å². The number of H-pyrrole nitrogens is 1. The summed E-state index contributed by atoms with van der Waals surface area (Å²) in [6, 6.07) is 9.13. The zero-order valence-corrected chi connectivity index (χ0v) is 19.7. The number of aromatic amines is 1. The Kier molecular flexibility index (Phi) is 7.45. The van der Waals surface area contributed by atoms with Gasteiger partial charge in [0.1, 0.15) is 12.4 Å². The molecule has 0 unspecified atom stereocenters. The van der Waals surface area contributed by atoms with Crippen LogP contribution in [-0.4, -0.2) is 21.5 Å². The van der Waals surface area contributed by atoms with Gasteiger partial charge in [-0.25, -0.2) is 4.68 Å². The fourth-order valence-corrected chi connectivity index (χ4v) is 3.78. The lowest BCUT2D eigenvalue weighted by Crippen LogP contribution is -2.16. The Bertz CT molecular complexity index is 1070. The summed E-state index contributed by atoms with van der Waals surface area (Å²) in [7, 11) is 0. The second kappa shape index (κ2) is 9.84. The first-order valence-corrected chi connectivity index (χ1v) is 10.7. The lowest BCUT2D eigenvalue weighted by Gasteiger charge is -2.16. The van der Waals surface area contributed by atoms with Crippen molar-refractivity contribution in [3.05, 3.63) is 66.6 Å². The van der Waals surface area contributed by atoms with Gasteiger partial charge in [0.25, 0.3) is 0 Å². The zero-order chi connectivity index (χ0) is 21.0. The first kappa shape index (κ1) is 22.0. The van der Waals surface area contributed by atoms with Crippen LogP contribution in [0, 0.1) is 11.7 Å². The lowest BCUT2D eigenvalue weighted by atomic mass is 10.2. The van der Waals surface area contributed by atoms with Crippen LogP contribution in [0.25, 0.3) is 0 Å². The number of nitrogens with one attached hydrogen (secondary N) is 2. The molecule has 0 amide bonds. The molecule has 0 saturated heterocycles. The molecule has 0 aliphatic carbocycles. The number of aryl methyl sites for hydroxylation is 1. The van der Waals surface area contributed by atoms with Crippen molar-refractivity contribution in [1.29, 1.82) is 0 Å². The number of benzene rings is 2. The highest BCUT2D eigenvalue weighted by Crippen LogP contribution is 2.35. The largest absolute Gasteiger partial charge is 0.490 e. The van der Waals surface area contributed by atoms with Gasteiger partial charge in [-0.3, -0.25) is 5.10 Å². The smallest absolute Gasteiger partial charge is 0.214 e. The molecule has 0 fully saturated rings. The predicted molar refractivity (Wildman–Crippen MR) is 121 cm³/mol. The van der Waals surface area contributed by atoms with Gasteiger partial charge >= 0.3 is 0 Å². The van der Waals surface area contributed by atoms with Gasteiger partial charge in [-0.1, -0.05) is 45.2 Å². The molecule has 0 spiro atoms. The average molecular weight is 518 g/mol. The summed E-state index contributed by atoms with van der Waals surface area (Å²) in [6.07, 6.45) is 0. The van der Waals surface area contributed by atoms with E-state index < -0.39 is 0 Å². The van der Waals surface area contributed by atoms with Crippen molar-refractivity contribution < 1.29 is 9.47 Å². The summed E-state index contributed by atoms with van der Waals surface area (Å²) in [6.45, 7) is 5.10. The second-order valence-corrected chi connectivity index (χ2v) is 8.18. The van der Waals surface area contributed by atoms with Gasteiger partial charge in [-0.05, 0) is 55.9 Å². The second-order valence-electron chi connectivity index (χ2n) is 6.09. The van der Waals surface area contributed by atoms with Crippen molar-refractivity contribution in [3.63, 3.8) is 0 Å². The third-order valence-corrected chi connectivity index (χ3v) is 5.68. The van der Waals surface area contributed by atoms with E-state index in [2.05, 4.69) is 31.6 Å².